The van der Waals surface area contributed by atoms with E-state index in [-0.39, 0.29) is 50.0 Å². The molecule has 1 aromatic heterocycles. The Morgan fingerprint density at radius 3 is 2.56 bits per heavy atom. The molecule has 170 valence electrons. The number of nitrogens with two attached hydrogens (primary N) is 1. The van der Waals surface area contributed by atoms with Crippen LogP contribution >= 0.6 is 11.6 Å². The molecule has 2 aliphatic rings. The van der Waals surface area contributed by atoms with Crippen LogP contribution in [0.4, 0.5) is 8.78 Å². The number of halogens is 3. The first-order valence-electron chi connectivity index (χ1n) is 10.8. The van der Waals surface area contributed by atoms with Gasteiger partial charge in [0, 0.05) is 42.2 Å². The van der Waals surface area contributed by atoms with Gasteiger partial charge in [0.05, 0.1) is 12.0 Å². The zero-order valence-corrected chi connectivity index (χ0v) is 19.0. The summed E-state index contributed by atoms with van der Waals surface area (Å²) in [5, 5.41) is 0.547. The molecule has 5 nitrogen and oxygen atoms in total. The summed E-state index contributed by atoms with van der Waals surface area (Å²) in [6, 6.07) is 9.33. The molecule has 0 unspecified atom stereocenters. The lowest BCUT2D eigenvalue weighted by atomic mass is 9.84. The van der Waals surface area contributed by atoms with E-state index in [1.165, 1.54) is 4.90 Å². The molecule has 1 aliphatic carbocycles. The maximum atomic E-state index is 13.6. The minimum absolute atomic E-state index is 0.0724. The fourth-order valence-corrected chi connectivity index (χ4v) is 5.03. The van der Waals surface area contributed by atoms with E-state index in [0.717, 1.165) is 22.4 Å². The molecule has 8 heteroatoms. The number of aromatic nitrogens is 1. The predicted octanol–water partition coefficient (Wildman–Crippen LogP) is 4.97. The molecule has 2 aromatic rings. The van der Waals surface area contributed by atoms with E-state index in [4.69, 9.17) is 17.3 Å². The topological polar surface area (TPSA) is 71.6 Å². The molecule has 2 N–H and O–H groups in total. The summed E-state index contributed by atoms with van der Waals surface area (Å²) in [6.45, 7) is 3.77. The highest BCUT2D eigenvalue weighted by atomic mass is 35.5. The van der Waals surface area contributed by atoms with Crippen molar-refractivity contribution in [2.24, 2.45) is 10.7 Å². The number of nitrogens with zero attached hydrogens (tertiary/aromatic N) is 3. The number of hydrogen-bond donors (Lipinski definition) is 1. The zero-order valence-electron chi connectivity index (χ0n) is 18.2. The van der Waals surface area contributed by atoms with Crippen LogP contribution in [-0.4, -0.2) is 33.7 Å². The number of pyridine rings is 1. The van der Waals surface area contributed by atoms with Crippen molar-refractivity contribution in [1.29, 1.82) is 0 Å². The summed E-state index contributed by atoms with van der Waals surface area (Å²) >= 11 is 6.79. The summed E-state index contributed by atoms with van der Waals surface area (Å²) in [7, 11) is 0. The Labute approximate surface area is 191 Å². The lowest BCUT2D eigenvalue weighted by Gasteiger charge is -2.41. The number of amides is 1. The Bertz CT molecular complexity index is 1050. The molecule has 2 heterocycles. The quantitative estimate of drug-likeness (QED) is 0.699. The van der Waals surface area contributed by atoms with E-state index >= 15 is 0 Å². The van der Waals surface area contributed by atoms with Gasteiger partial charge in [-0.3, -0.25) is 14.7 Å². The van der Waals surface area contributed by atoms with Crippen LogP contribution in [0.5, 0.6) is 0 Å². The lowest BCUT2D eigenvalue weighted by molar-refractivity contribution is -0.133. The van der Waals surface area contributed by atoms with Crippen LogP contribution in [0.2, 0.25) is 5.02 Å². The van der Waals surface area contributed by atoms with Crippen molar-refractivity contribution in [2.75, 3.05) is 0 Å². The first kappa shape index (κ1) is 22.6. The van der Waals surface area contributed by atoms with Crippen molar-refractivity contribution in [2.45, 2.75) is 69.9 Å². The van der Waals surface area contributed by atoms with E-state index in [9.17, 15) is 13.6 Å². The smallest absolute Gasteiger partial charge is 0.248 e. The summed E-state index contributed by atoms with van der Waals surface area (Å²) in [6.07, 6.45) is 2.45. The molecular weight excluding hydrogens is 434 g/mol. The van der Waals surface area contributed by atoms with Crippen LogP contribution in [0.3, 0.4) is 0 Å². The zero-order chi connectivity index (χ0) is 23.1. The number of guanidine groups is 1. The first-order chi connectivity index (χ1) is 15.1. The third-order valence-corrected chi connectivity index (χ3v) is 6.90. The minimum Gasteiger partial charge on any atom is -0.369 e. The summed E-state index contributed by atoms with van der Waals surface area (Å²) < 4.78 is 27.1. The van der Waals surface area contributed by atoms with Crippen LogP contribution in [0.1, 0.15) is 61.4 Å². The molecule has 0 spiro atoms. The number of aryl methyl sites for hydroxylation is 1. The Kier molecular flexibility index (Phi) is 5.96. The molecule has 1 aromatic carbocycles. The lowest BCUT2D eigenvalue weighted by Crippen LogP contribution is -2.55. The van der Waals surface area contributed by atoms with Gasteiger partial charge in [0.2, 0.25) is 11.8 Å². The number of carbonyl (C=O) groups is 1. The number of rotatable bonds is 4. The fourth-order valence-electron chi connectivity index (χ4n) is 4.64. The Morgan fingerprint density at radius 1 is 1.22 bits per heavy atom. The minimum atomic E-state index is -2.67. The van der Waals surface area contributed by atoms with Crippen molar-refractivity contribution in [1.82, 2.24) is 9.88 Å². The van der Waals surface area contributed by atoms with Crippen LogP contribution in [-0.2, 0) is 16.8 Å². The van der Waals surface area contributed by atoms with Crippen molar-refractivity contribution in [3.63, 3.8) is 0 Å². The van der Waals surface area contributed by atoms with Crippen LogP contribution in [0.15, 0.2) is 41.5 Å². The maximum absolute atomic E-state index is 13.6. The third-order valence-electron chi connectivity index (χ3n) is 6.45. The monoisotopic (exact) mass is 460 g/mol. The Balaban J connectivity index is 1.60. The molecule has 0 saturated heterocycles. The van der Waals surface area contributed by atoms with Gasteiger partial charge in [-0.2, -0.15) is 0 Å². The summed E-state index contributed by atoms with van der Waals surface area (Å²) in [5.41, 5.74) is 8.91. The van der Waals surface area contributed by atoms with Crippen LogP contribution < -0.4 is 5.73 Å². The van der Waals surface area contributed by atoms with E-state index in [0.29, 0.717) is 11.4 Å². The van der Waals surface area contributed by atoms with Gasteiger partial charge in [-0.15, -0.1) is 0 Å². The highest BCUT2D eigenvalue weighted by Crippen LogP contribution is 2.41. The second-order valence-electron chi connectivity index (χ2n) is 9.03. The van der Waals surface area contributed by atoms with Gasteiger partial charge in [-0.05, 0) is 49.4 Å². The summed E-state index contributed by atoms with van der Waals surface area (Å²) in [5.74, 6) is -2.81. The van der Waals surface area contributed by atoms with Gasteiger partial charge in [0.25, 0.3) is 0 Å². The normalized spacial score (nSPS) is 23.8. The number of benzene rings is 1. The highest BCUT2D eigenvalue weighted by Gasteiger charge is 2.44. The van der Waals surface area contributed by atoms with E-state index in [1.807, 2.05) is 50.4 Å². The van der Waals surface area contributed by atoms with Crippen LogP contribution in [0, 0.1) is 6.92 Å². The molecule has 1 atom stereocenters. The molecule has 1 saturated carbocycles. The van der Waals surface area contributed by atoms with Crippen LogP contribution in [0.25, 0.3) is 0 Å². The molecule has 1 amide bonds. The molecule has 0 bridgehead atoms. The number of carbonyl (C=O) groups excluding carboxylic acids is 1. The van der Waals surface area contributed by atoms with Gasteiger partial charge in [0.15, 0.2) is 5.96 Å². The number of alkyl halides is 2. The highest BCUT2D eigenvalue weighted by molar-refractivity contribution is 6.32. The molecular formula is C24H27ClF2N4O. The van der Waals surface area contributed by atoms with Crippen molar-refractivity contribution in [3.8, 4) is 0 Å². The van der Waals surface area contributed by atoms with Crippen molar-refractivity contribution in [3.05, 3.63) is 63.9 Å². The average Bonchev–Trinajstić information content (AvgIpc) is 2.71. The Hall–Kier alpha value is -2.54. The summed E-state index contributed by atoms with van der Waals surface area (Å²) in [4.78, 5) is 23.5. The number of hydrogen-bond acceptors (Lipinski definition) is 4. The SMILES string of the molecule is Cc1ccc(Cc2cccc([C@]3(C)CC(=O)N(C4CCC(F)(F)CC4)C(N)=N3)c2Cl)cn1. The predicted molar refractivity (Wildman–Crippen MR) is 121 cm³/mol. The molecule has 1 aliphatic heterocycles. The van der Waals surface area contributed by atoms with E-state index in [1.54, 1.807) is 0 Å². The maximum Gasteiger partial charge on any atom is 0.248 e. The third kappa shape index (κ3) is 4.49. The average molecular weight is 461 g/mol. The van der Waals surface area contributed by atoms with E-state index < -0.39 is 11.5 Å². The van der Waals surface area contributed by atoms with E-state index in [2.05, 4.69) is 9.98 Å². The van der Waals surface area contributed by atoms with Gasteiger partial charge in [-0.1, -0.05) is 35.9 Å². The Morgan fingerprint density at radius 2 is 1.94 bits per heavy atom. The second kappa shape index (κ2) is 8.43. The standard InChI is InChI=1S/C24H27ClF2N4O/c1-15-6-7-16(14-29-15)12-17-4-3-5-19(21(17)25)23(2)13-20(32)31(22(28)30-23)18-8-10-24(26,27)11-9-18/h3-7,14,18H,8-13H2,1-2H3,(H2,28,30)/t23-/m0/s1. The fraction of sp³-hybridized carbons (Fsp3) is 0.458. The van der Waals surface area contributed by atoms with Crippen molar-refractivity contribution >= 4 is 23.5 Å². The number of aliphatic imine (C=N–C) groups is 1. The first-order valence-corrected chi connectivity index (χ1v) is 11.2. The van der Waals surface area contributed by atoms with Gasteiger partial charge in [0.1, 0.15) is 0 Å². The molecule has 1 fully saturated rings. The molecule has 0 radical (unpaired) electrons. The van der Waals surface area contributed by atoms with Crippen molar-refractivity contribution < 1.29 is 13.6 Å². The van der Waals surface area contributed by atoms with Gasteiger partial charge >= 0.3 is 0 Å². The van der Waals surface area contributed by atoms with Gasteiger partial charge < -0.3 is 5.73 Å². The molecule has 4 rings (SSSR count). The largest absolute Gasteiger partial charge is 0.369 e. The second-order valence-corrected chi connectivity index (χ2v) is 9.41. The molecule has 32 heavy (non-hydrogen) atoms. The van der Waals surface area contributed by atoms with Gasteiger partial charge in [-0.25, -0.2) is 13.8 Å².